The number of nitrogens with one attached hydrogen (secondary N) is 1. The van der Waals surface area contributed by atoms with Crippen LogP contribution in [0.3, 0.4) is 0 Å². The molecule has 0 saturated heterocycles. The second-order valence-corrected chi connectivity index (χ2v) is 8.19. The van der Waals surface area contributed by atoms with E-state index >= 15 is 0 Å². The molecule has 7 nitrogen and oxygen atoms in total. The first-order valence-corrected chi connectivity index (χ1v) is 10.8. The number of nitrogens with zero attached hydrogens (tertiary/aromatic N) is 3. The van der Waals surface area contributed by atoms with E-state index in [0.29, 0.717) is 27.9 Å². The van der Waals surface area contributed by atoms with E-state index in [1.165, 1.54) is 11.3 Å². The van der Waals surface area contributed by atoms with Crippen LogP contribution < -0.4 is 10.1 Å². The van der Waals surface area contributed by atoms with Crippen LogP contribution in [0, 0.1) is 0 Å². The van der Waals surface area contributed by atoms with Crippen LogP contribution in [-0.4, -0.2) is 33.4 Å². The standard InChI is InChI=1S/C19H15ClN4O3S2/c1-2-26-13-7-8-14-15(9-13)29-18(21-14)22-16(25)10-28-19-24-23-17(27-19)11-3-5-12(20)6-4-11/h3-9H,2,10H2,1H3,(H,21,22,25). The first-order chi connectivity index (χ1) is 14.1. The summed E-state index contributed by atoms with van der Waals surface area (Å²) in [5.41, 5.74) is 1.57. The number of hydrogen-bond donors (Lipinski definition) is 1. The minimum absolute atomic E-state index is 0.127. The van der Waals surface area contributed by atoms with Crippen LogP contribution >= 0.6 is 34.7 Å². The minimum atomic E-state index is -0.203. The van der Waals surface area contributed by atoms with Gasteiger partial charge in [-0.15, -0.1) is 10.2 Å². The first-order valence-electron chi connectivity index (χ1n) is 8.66. The molecule has 0 radical (unpaired) electrons. The fourth-order valence-corrected chi connectivity index (χ4v) is 4.07. The molecule has 0 spiro atoms. The molecule has 1 N–H and O–H groups in total. The number of ether oxygens (including phenoxy) is 1. The van der Waals surface area contributed by atoms with E-state index in [1.807, 2.05) is 25.1 Å². The molecule has 0 bridgehead atoms. The molecule has 0 aliphatic carbocycles. The molecule has 29 heavy (non-hydrogen) atoms. The van der Waals surface area contributed by atoms with Crippen molar-refractivity contribution in [1.29, 1.82) is 0 Å². The molecule has 0 aliphatic heterocycles. The van der Waals surface area contributed by atoms with Crippen molar-refractivity contribution in [2.24, 2.45) is 0 Å². The number of benzene rings is 2. The number of thiazole rings is 1. The Hall–Kier alpha value is -2.62. The van der Waals surface area contributed by atoms with E-state index in [9.17, 15) is 4.79 Å². The van der Waals surface area contributed by atoms with Gasteiger partial charge in [0.2, 0.25) is 11.8 Å². The number of halogens is 1. The Labute approximate surface area is 179 Å². The maximum absolute atomic E-state index is 12.3. The lowest BCUT2D eigenvalue weighted by molar-refractivity contribution is -0.113. The molecule has 1 amide bonds. The van der Waals surface area contributed by atoms with Crippen molar-refractivity contribution in [2.45, 2.75) is 12.1 Å². The van der Waals surface area contributed by atoms with Crippen molar-refractivity contribution >= 4 is 56.0 Å². The SMILES string of the molecule is CCOc1ccc2nc(NC(=O)CSc3nnc(-c4ccc(Cl)cc4)o3)sc2c1. The molecule has 2 aromatic carbocycles. The number of fused-ring (bicyclic) bond motifs is 1. The van der Waals surface area contributed by atoms with Crippen LogP contribution in [0.2, 0.25) is 5.02 Å². The molecule has 2 heterocycles. The zero-order chi connectivity index (χ0) is 20.2. The summed E-state index contributed by atoms with van der Waals surface area (Å²) in [5, 5.41) is 12.2. The van der Waals surface area contributed by atoms with Crippen LogP contribution in [0.15, 0.2) is 52.1 Å². The lowest BCUT2D eigenvalue weighted by Crippen LogP contribution is -2.13. The second-order valence-electron chi connectivity index (χ2n) is 5.80. The monoisotopic (exact) mass is 446 g/mol. The highest BCUT2D eigenvalue weighted by molar-refractivity contribution is 7.99. The van der Waals surface area contributed by atoms with Gasteiger partial charge in [-0.05, 0) is 49.4 Å². The number of anilines is 1. The third kappa shape index (κ3) is 4.87. The zero-order valence-electron chi connectivity index (χ0n) is 15.2. The summed E-state index contributed by atoms with van der Waals surface area (Å²) in [6.45, 7) is 2.53. The average Bonchev–Trinajstić information content (AvgIpc) is 3.33. The van der Waals surface area contributed by atoms with Gasteiger partial charge >= 0.3 is 0 Å². The molecular weight excluding hydrogens is 432 g/mol. The third-order valence-electron chi connectivity index (χ3n) is 3.74. The molecule has 2 aromatic heterocycles. The molecule has 0 saturated carbocycles. The highest BCUT2D eigenvalue weighted by Gasteiger charge is 2.13. The number of rotatable bonds is 7. The van der Waals surface area contributed by atoms with Gasteiger partial charge in [-0.25, -0.2) is 4.98 Å². The highest BCUT2D eigenvalue weighted by atomic mass is 35.5. The lowest BCUT2D eigenvalue weighted by Gasteiger charge is -2.00. The van der Waals surface area contributed by atoms with Crippen LogP contribution in [0.5, 0.6) is 5.75 Å². The van der Waals surface area contributed by atoms with Crippen molar-refractivity contribution in [3.8, 4) is 17.2 Å². The second kappa shape index (κ2) is 8.81. The van der Waals surface area contributed by atoms with Crippen LogP contribution in [0.4, 0.5) is 5.13 Å². The maximum Gasteiger partial charge on any atom is 0.277 e. The molecule has 10 heteroatoms. The topological polar surface area (TPSA) is 90.1 Å². The van der Waals surface area contributed by atoms with E-state index in [2.05, 4.69) is 20.5 Å². The van der Waals surface area contributed by atoms with Gasteiger partial charge in [-0.3, -0.25) is 4.79 Å². The van der Waals surface area contributed by atoms with Crippen molar-refractivity contribution in [1.82, 2.24) is 15.2 Å². The van der Waals surface area contributed by atoms with Gasteiger partial charge in [0.25, 0.3) is 5.22 Å². The van der Waals surface area contributed by atoms with Crippen LogP contribution in [0.25, 0.3) is 21.7 Å². The van der Waals surface area contributed by atoms with E-state index in [1.54, 1.807) is 24.3 Å². The summed E-state index contributed by atoms with van der Waals surface area (Å²) >= 11 is 8.43. The Balaban J connectivity index is 1.35. The minimum Gasteiger partial charge on any atom is -0.494 e. The molecule has 0 unspecified atom stereocenters. The Morgan fingerprint density at radius 2 is 2.07 bits per heavy atom. The summed E-state index contributed by atoms with van der Waals surface area (Å²) in [7, 11) is 0. The first kappa shape index (κ1) is 19.7. The van der Waals surface area contributed by atoms with Crippen molar-refractivity contribution < 1.29 is 13.9 Å². The van der Waals surface area contributed by atoms with Gasteiger partial charge in [-0.2, -0.15) is 0 Å². The predicted molar refractivity (Wildman–Crippen MR) is 115 cm³/mol. The van der Waals surface area contributed by atoms with Crippen molar-refractivity contribution in [2.75, 3.05) is 17.7 Å². The van der Waals surface area contributed by atoms with E-state index in [4.69, 9.17) is 20.8 Å². The molecule has 0 fully saturated rings. The quantitative estimate of drug-likeness (QED) is 0.393. The Morgan fingerprint density at radius 3 is 2.86 bits per heavy atom. The maximum atomic E-state index is 12.3. The summed E-state index contributed by atoms with van der Waals surface area (Å²) in [6.07, 6.45) is 0. The zero-order valence-corrected chi connectivity index (χ0v) is 17.6. The number of carbonyl (C=O) groups is 1. The summed E-state index contributed by atoms with van der Waals surface area (Å²) in [4.78, 5) is 16.7. The van der Waals surface area contributed by atoms with Gasteiger partial charge in [0.15, 0.2) is 5.13 Å². The number of carbonyl (C=O) groups excluding carboxylic acids is 1. The average molecular weight is 447 g/mol. The van der Waals surface area contributed by atoms with Crippen LogP contribution in [0.1, 0.15) is 6.92 Å². The van der Waals surface area contributed by atoms with Gasteiger partial charge in [0.05, 0.1) is 22.6 Å². The number of amides is 1. The van der Waals surface area contributed by atoms with Crippen molar-refractivity contribution in [3.63, 3.8) is 0 Å². The van der Waals surface area contributed by atoms with E-state index in [-0.39, 0.29) is 11.7 Å². The predicted octanol–water partition coefficient (Wildman–Crippen LogP) is 5.13. The van der Waals surface area contributed by atoms with E-state index in [0.717, 1.165) is 33.3 Å². The van der Waals surface area contributed by atoms with Gasteiger partial charge < -0.3 is 14.5 Å². The normalized spacial score (nSPS) is 11.0. The fourth-order valence-electron chi connectivity index (χ4n) is 2.47. The van der Waals surface area contributed by atoms with Gasteiger partial charge in [-0.1, -0.05) is 34.7 Å². The molecule has 0 atom stereocenters. The number of aromatic nitrogens is 3. The molecule has 4 aromatic rings. The van der Waals surface area contributed by atoms with E-state index < -0.39 is 0 Å². The largest absolute Gasteiger partial charge is 0.494 e. The van der Waals surface area contributed by atoms with Crippen molar-refractivity contribution in [3.05, 3.63) is 47.5 Å². The third-order valence-corrected chi connectivity index (χ3v) is 5.75. The summed E-state index contributed by atoms with van der Waals surface area (Å²) in [5.74, 6) is 1.08. The smallest absolute Gasteiger partial charge is 0.277 e. The number of thioether (sulfide) groups is 1. The van der Waals surface area contributed by atoms with Crippen LogP contribution in [-0.2, 0) is 4.79 Å². The highest BCUT2D eigenvalue weighted by Crippen LogP contribution is 2.30. The summed E-state index contributed by atoms with van der Waals surface area (Å²) in [6, 6.07) is 12.7. The molecule has 4 rings (SSSR count). The number of hydrogen-bond acceptors (Lipinski definition) is 8. The Kier molecular flexibility index (Phi) is 5.98. The summed E-state index contributed by atoms with van der Waals surface area (Å²) < 4.78 is 12.0. The fraction of sp³-hybridized carbons (Fsp3) is 0.158. The van der Waals surface area contributed by atoms with Gasteiger partial charge in [0, 0.05) is 10.6 Å². The Morgan fingerprint density at radius 1 is 1.24 bits per heavy atom. The molecule has 0 aliphatic rings. The lowest BCUT2D eigenvalue weighted by atomic mass is 10.2. The Bertz CT molecular complexity index is 1140. The molecule has 148 valence electrons. The molecular formula is C19H15ClN4O3S2. The van der Waals surface area contributed by atoms with Gasteiger partial charge in [0.1, 0.15) is 5.75 Å².